The Morgan fingerprint density at radius 2 is 2.00 bits per heavy atom. The number of aliphatic hydroxyl groups is 1. The summed E-state index contributed by atoms with van der Waals surface area (Å²) in [5, 5.41) is 8.70. The van der Waals surface area contributed by atoms with E-state index in [-0.39, 0.29) is 12.4 Å². The van der Waals surface area contributed by atoms with Crippen molar-refractivity contribution in [1.82, 2.24) is 0 Å². The van der Waals surface area contributed by atoms with Crippen LogP contribution in [0.1, 0.15) is 20.8 Å². The van der Waals surface area contributed by atoms with Crippen molar-refractivity contribution in [2.75, 3.05) is 6.61 Å². The average Bonchev–Trinajstić information content (AvgIpc) is 2.25. The van der Waals surface area contributed by atoms with Gasteiger partial charge in [-0.1, -0.05) is 13.8 Å². The highest BCUT2D eigenvalue weighted by Gasteiger charge is 2.18. The smallest absolute Gasteiger partial charge is 0.337 e. The molecule has 0 bridgehead atoms. The Hall–Kier alpha value is -0.990. The highest BCUT2D eigenvalue weighted by molar-refractivity contribution is 5.90. The molecule has 1 aliphatic heterocycles. The van der Waals surface area contributed by atoms with Crippen molar-refractivity contribution in [2.24, 2.45) is 0 Å². The molecular formula is C7H12O3. The molecule has 0 amide bonds. The van der Waals surface area contributed by atoms with E-state index in [1.165, 1.54) is 6.92 Å². The highest BCUT2D eigenvalue weighted by Crippen LogP contribution is 2.10. The number of ether oxygens (including phenoxy) is 1. The molecule has 1 rings (SSSR count). The van der Waals surface area contributed by atoms with Crippen LogP contribution in [0.4, 0.5) is 0 Å². The SMILES string of the molecule is CC.CC1=C(O)COC1=O. The molecule has 0 aromatic carbocycles. The lowest BCUT2D eigenvalue weighted by Crippen LogP contribution is -1.94. The lowest BCUT2D eigenvalue weighted by atomic mass is 10.3. The zero-order valence-corrected chi connectivity index (χ0v) is 6.47. The molecule has 0 radical (unpaired) electrons. The normalized spacial score (nSPS) is 16.1. The van der Waals surface area contributed by atoms with Gasteiger partial charge in [0.15, 0.2) is 0 Å². The lowest BCUT2D eigenvalue weighted by Gasteiger charge is -1.85. The summed E-state index contributed by atoms with van der Waals surface area (Å²) >= 11 is 0. The van der Waals surface area contributed by atoms with E-state index in [0.717, 1.165) is 0 Å². The Bertz CT molecular complexity index is 158. The van der Waals surface area contributed by atoms with Gasteiger partial charge in [0.05, 0.1) is 5.57 Å². The lowest BCUT2D eigenvalue weighted by molar-refractivity contribution is -0.136. The van der Waals surface area contributed by atoms with Gasteiger partial charge in [-0.25, -0.2) is 4.79 Å². The number of carbonyl (C=O) groups excluding carboxylic acids is 1. The second-order valence-electron chi connectivity index (χ2n) is 1.65. The number of esters is 1. The summed E-state index contributed by atoms with van der Waals surface area (Å²) in [6.45, 7) is 5.58. The molecule has 1 aliphatic rings. The maximum Gasteiger partial charge on any atom is 0.337 e. The Morgan fingerprint density at radius 1 is 1.50 bits per heavy atom. The van der Waals surface area contributed by atoms with Gasteiger partial charge in [-0.15, -0.1) is 0 Å². The first-order valence-corrected chi connectivity index (χ1v) is 3.27. The molecule has 1 heterocycles. The molecule has 0 saturated carbocycles. The third-order valence-corrected chi connectivity index (χ3v) is 1.08. The number of cyclic esters (lactones) is 1. The van der Waals surface area contributed by atoms with Gasteiger partial charge in [-0.3, -0.25) is 0 Å². The molecule has 0 saturated heterocycles. The maximum atomic E-state index is 10.3. The van der Waals surface area contributed by atoms with Crippen molar-refractivity contribution in [3.63, 3.8) is 0 Å². The minimum Gasteiger partial charge on any atom is -0.508 e. The molecule has 0 fully saturated rings. The summed E-state index contributed by atoms with van der Waals surface area (Å²) in [5.41, 5.74) is 0.324. The highest BCUT2D eigenvalue weighted by atomic mass is 16.5. The fourth-order valence-electron chi connectivity index (χ4n) is 0.468. The van der Waals surface area contributed by atoms with E-state index in [4.69, 9.17) is 5.11 Å². The summed E-state index contributed by atoms with van der Waals surface area (Å²) in [5.74, 6) is -0.363. The van der Waals surface area contributed by atoms with E-state index in [1.807, 2.05) is 13.8 Å². The topological polar surface area (TPSA) is 46.5 Å². The first-order valence-electron chi connectivity index (χ1n) is 3.27. The van der Waals surface area contributed by atoms with E-state index < -0.39 is 5.97 Å². The van der Waals surface area contributed by atoms with E-state index in [1.54, 1.807) is 0 Å². The molecule has 0 unspecified atom stereocenters. The second kappa shape index (κ2) is 3.93. The monoisotopic (exact) mass is 144 g/mol. The van der Waals surface area contributed by atoms with Gasteiger partial charge in [-0.2, -0.15) is 0 Å². The fraction of sp³-hybridized carbons (Fsp3) is 0.571. The van der Waals surface area contributed by atoms with E-state index in [2.05, 4.69) is 4.74 Å². The Labute approximate surface area is 60.3 Å². The van der Waals surface area contributed by atoms with E-state index in [9.17, 15) is 4.79 Å². The zero-order valence-electron chi connectivity index (χ0n) is 6.47. The number of rotatable bonds is 0. The molecule has 58 valence electrons. The minimum absolute atomic E-state index is 0.0463. The van der Waals surface area contributed by atoms with Gasteiger partial charge in [0, 0.05) is 0 Å². The van der Waals surface area contributed by atoms with Crippen LogP contribution in [-0.2, 0) is 9.53 Å². The van der Waals surface area contributed by atoms with Gasteiger partial charge in [-0.05, 0) is 6.92 Å². The summed E-state index contributed by atoms with van der Waals surface area (Å²) < 4.78 is 4.41. The average molecular weight is 144 g/mol. The van der Waals surface area contributed by atoms with Crippen LogP contribution in [0.25, 0.3) is 0 Å². The van der Waals surface area contributed by atoms with Crippen LogP contribution in [0.3, 0.4) is 0 Å². The van der Waals surface area contributed by atoms with Crippen LogP contribution in [0.2, 0.25) is 0 Å². The molecule has 3 heteroatoms. The van der Waals surface area contributed by atoms with Crippen molar-refractivity contribution >= 4 is 5.97 Å². The van der Waals surface area contributed by atoms with Gasteiger partial charge < -0.3 is 9.84 Å². The van der Waals surface area contributed by atoms with Gasteiger partial charge >= 0.3 is 5.97 Å². The van der Waals surface area contributed by atoms with Crippen LogP contribution < -0.4 is 0 Å². The Morgan fingerprint density at radius 3 is 2.10 bits per heavy atom. The molecule has 0 aromatic rings. The summed E-state index contributed by atoms with van der Waals surface area (Å²) in [6.07, 6.45) is 0. The molecule has 0 aromatic heterocycles. The number of hydrogen-bond donors (Lipinski definition) is 1. The molecule has 1 N–H and O–H groups in total. The minimum atomic E-state index is -0.414. The van der Waals surface area contributed by atoms with Crippen LogP contribution >= 0.6 is 0 Å². The predicted octanol–water partition coefficient (Wildman–Crippen LogP) is 1.40. The summed E-state index contributed by atoms with van der Waals surface area (Å²) in [7, 11) is 0. The Balaban J connectivity index is 0.000000371. The largest absolute Gasteiger partial charge is 0.508 e. The second-order valence-corrected chi connectivity index (χ2v) is 1.65. The summed E-state index contributed by atoms with van der Waals surface area (Å²) in [4.78, 5) is 10.3. The Kier molecular flexibility index (Phi) is 3.54. The zero-order chi connectivity index (χ0) is 8.15. The van der Waals surface area contributed by atoms with Crippen LogP contribution in [0.5, 0.6) is 0 Å². The van der Waals surface area contributed by atoms with Crippen LogP contribution in [0, 0.1) is 0 Å². The first-order chi connectivity index (χ1) is 4.72. The molecule has 10 heavy (non-hydrogen) atoms. The van der Waals surface area contributed by atoms with Crippen molar-refractivity contribution in [1.29, 1.82) is 0 Å². The first kappa shape index (κ1) is 9.01. The van der Waals surface area contributed by atoms with Crippen molar-refractivity contribution in [3.05, 3.63) is 11.3 Å². The van der Waals surface area contributed by atoms with Crippen molar-refractivity contribution in [3.8, 4) is 0 Å². The van der Waals surface area contributed by atoms with Gasteiger partial charge in [0.1, 0.15) is 12.4 Å². The maximum absolute atomic E-state index is 10.3. The third kappa shape index (κ3) is 1.76. The fourth-order valence-corrected chi connectivity index (χ4v) is 0.468. The van der Waals surface area contributed by atoms with Crippen LogP contribution in [0.15, 0.2) is 11.3 Å². The number of hydrogen-bond acceptors (Lipinski definition) is 3. The van der Waals surface area contributed by atoms with E-state index in [0.29, 0.717) is 5.57 Å². The van der Waals surface area contributed by atoms with Gasteiger partial charge in [0.2, 0.25) is 0 Å². The molecule has 0 spiro atoms. The number of carbonyl (C=O) groups is 1. The van der Waals surface area contributed by atoms with Crippen LogP contribution in [-0.4, -0.2) is 17.7 Å². The standard InChI is InChI=1S/C5H6O3.C2H6/c1-3-4(6)2-8-5(3)7;1-2/h6H,2H2,1H3;1-2H3. The van der Waals surface area contributed by atoms with Gasteiger partial charge in [0.25, 0.3) is 0 Å². The molecule has 3 nitrogen and oxygen atoms in total. The molecule has 0 atom stereocenters. The molecular weight excluding hydrogens is 132 g/mol. The molecule has 0 aliphatic carbocycles. The predicted molar refractivity (Wildman–Crippen MR) is 37.6 cm³/mol. The van der Waals surface area contributed by atoms with Crippen molar-refractivity contribution in [2.45, 2.75) is 20.8 Å². The quantitative estimate of drug-likeness (QED) is 0.523. The van der Waals surface area contributed by atoms with E-state index >= 15 is 0 Å². The number of aliphatic hydroxyl groups excluding tert-OH is 1. The third-order valence-electron chi connectivity index (χ3n) is 1.08. The van der Waals surface area contributed by atoms with Crippen molar-refractivity contribution < 1.29 is 14.6 Å². The summed E-state index contributed by atoms with van der Waals surface area (Å²) in [6, 6.07) is 0.